The van der Waals surface area contributed by atoms with Crippen molar-refractivity contribution in [2.24, 2.45) is 0 Å². The van der Waals surface area contributed by atoms with Gasteiger partial charge in [-0.2, -0.15) is 0 Å². The molecule has 0 aliphatic heterocycles. The summed E-state index contributed by atoms with van der Waals surface area (Å²) in [5, 5.41) is 21.1. The van der Waals surface area contributed by atoms with E-state index in [2.05, 4.69) is 20.3 Å². The van der Waals surface area contributed by atoms with Crippen LogP contribution in [-0.4, -0.2) is 21.8 Å². The molecule has 0 aliphatic rings. The van der Waals surface area contributed by atoms with Crippen LogP contribution in [0.5, 0.6) is 0 Å². The standard InChI is InChI=1S/C11H12N4O3/c1-7(2)5-6-12-8-3-4-9(15(16)17)11-10(8)13-18-14-11/h3-5,12H,6H2,1-2H3. The number of hydrogen-bond donors (Lipinski definition) is 1. The summed E-state index contributed by atoms with van der Waals surface area (Å²) in [5.74, 6) is 0. The molecule has 0 radical (unpaired) electrons. The van der Waals surface area contributed by atoms with Crippen molar-refractivity contribution in [3.8, 4) is 0 Å². The molecule has 2 aromatic rings. The molecule has 94 valence electrons. The Morgan fingerprint density at radius 3 is 2.83 bits per heavy atom. The van der Waals surface area contributed by atoms with E-state index in [9.17, 15) is 10.1 Å². The summed E-state index contributed by atoms with van der Waals surface area (Å²) in [6.07, 6.45) is 2.00. The minimum atomic E-state index is -0.508. The molecule has 1 N–H and O–H groups in total. The van der Waals surface area contributed by atoms with E-state index in [0.717, 1.165) is 0 Å². The Morgan fingerprint density at radius 1 is 1.44 bits per heavy atom. The highest BCUT2D eigenvalue weighted by Gasteiger charge is 2.18. The van der Waals surface area contributed by atoms with Gasteiger partial charge in [-0.25, -0.2) is 4.63 Å². The van der Waals surface area contributed by atoms with Crippen LogP contribution < -0.4 is 5.32 Å². The fourth-order valence-electron chi connectivity index (χ4n) is 1.51. The normalized spacial score (nSPS) is 10.3. The predicted molar refractivity (Wildman–Crippen MR) is 66.4 cm³/mol. The first-order valence-electron chi connectivity index (χ1n) is 5.36. The maximum Gasteiger partial charge on any atom is 0.300 e. The number of nitro benzene ring substituents is 1. The van der Waals surface area contributed by atoms with E-state index in [1.54, 1.807) is 6.07 Å². The van der Waals surface area contributed by atoms with Gasteiger partial charge in [-0.1, -0.05) is 11.6 Å². The average molecular weight is 248 g/mol. The topological polar surface area (TPSA) is 94.1 Å². The molecule has 2 rings (SSSR count). The number of hydrogen-bond acceptors (Lipinski definition) is 6. The van der Waals surface area contributed by atoms with Gasteiger partial charge in [-0.15, -0.1) is 0 Å². The fraction of sp³-hybridized carbons (Fsp3) is 0.273. The third-order valence-electron chi connectivity index (χ3n) is 2.39. The van der Waals surface area contributed by atoms with E-state index < -0.39 is 4.92 Å². The Kier molecular flexibility index (Phi) is 3.22. The van der Waals surface area contributed by atoms with Crippen molar-refractivity contribution in [2.75, 3.05) is 11.9 Å². The smallest absolute Gasteiger partial charge is 0.300 e. The predicted octanol–water partition coefficient (Wildman–Crippen LogP) is 2.51. The Morgan fingerprint density at radius 2 is 2.17 bits per heavy atom. The van der Waals surface area contributed by atoms with Crippen molar-refractivity contribution in [3.05, 3.63) is 33.9 Å². The summed E-state index contributed by atoms with van der Waals surface area (Å²) >= 11 is 0. The molecule has 0 unspecified atom stereocenters. The second-order valence-electron chi connectivity index (χ2n) is 4.01. The highest BCUT2D eigenvalue weighted by atomic mass is 16.6. The van der Waals surface area contributed by atoms with Gasteiger partial charge in [0.05, 0.1) is 10.6 Å². The summed E-state index contributed by atoms with van der Waals surface area (Å²) in [6.45, 7) is 4.59. The van der Waals surface area contributed by atoms with E-state index in [0.29, 0.717) is 17.7 Å². The third kappa shape index (κ3) is 2.29. The lowest BCUT2D eigenvalue weighted by Gasteiger charge is -2.03. The number of allylic oxidation sites excluding steroid dienone is 1. The lowest BCUT2D eigenvalue weighted by Crippen LogP contribution is -2.00. The summed E-state index contributed by atoms with van der Waals surface area (Å²) in [5.41, 5.74) is 2.25. The van der Waals surface area contributed by atoms with Gasteiger partial charge >= 0.3 is 5.69 Å². The molecule has 7 heteroatoms. The largest absolute Gasteiger partial charge is 0.380 e. The van der Waals surface area contributed by atoms with Crippen LogP contribution in [0.2, 0.25) is 0 Å². The second-order valence-corrected chi connectivity index (χ2v) is 4.01. The quantitative estimate of drug-likeness (QED) is 0.507. The zero-order chi connectivity index (χ0) is 13.1. The first-order valence-corrected chi connectivity index (χ1v) is 5.36. The van der Waals surface area contributed by atoms with Crippen LogP contribution in [-0.2, 0) is 0 Å². The highest BCUT2D eigenvalue weighted by molar-refractivity contribution is 5.93. The van der Waals surface area contributed by atoms with Crippen LogP contribution in [0.1, 0.15) is 13.8 Å². The molecular weight excluding hydrogens is 236 g/mol. The first kappa shape index (κ1) is 12.0. The van der Waals surface area contributed by atoms with Crippen molar-refractivity contribution < 1.29 is 9.55 Å². The minimum Gasteiger partial charge on any atom is -0.380 e. The van der Waals surface area contributed by atoms with Crippen molar-refractivity contribution in [3.63, 3.8) is 0 Å². The van der Waals surface area contributed by atoms with Gasteiger partial charge in [0.25, 0.3) is 0 Å². The number of anilines is 1. The number of non-ortho nitro benzene ring substituents is 1. The molecule has 1 aromatic carbocycles. The van der Waals surface area contributed by atoms with Gasteiger partial charge in [0, 0.05) is 12.6 Å². The van der Waals surface area contributed by atoms with E-state index in [1.165, 1.54) is 11.6 Å². The second kappa shape index (κ2) is 4.82. The molecule has 0 saturated carbocycles. The van der Waals surface area contributed by atoms with Crippen molar-refractivity contribution in [1.29, 1.82) is 0 Å². The van der Waals surface area contributed by atoms with E-state index in [1.807, 2.05) is 19.9 Å². The zero-order valence-corrected chi connectivity index (χ0v) is 10.0. The SMILES string of the molecule is CC(C)=CCNc1ccc([N+](=O)[O-])c2nonc12. The van der Waals surface area contributed by atoms with Gasteiger partial charge in [-0.3, -0.25) is 10.1 Å². The monoisotopic (exact) mass is 248 g/mol. The van der Waals surface area contributed by atoms with Gasteiger partial charge in [0.2, 0.25) is 5.52 Å². The molecule has 0 aliphatic carbocycles. The Labute approximate surface area is 103 Å². The van der Waals surface area contributed by atoms with Crippen molar-refractivity contribution in [1.82, 2.24) is 10.3 Å². The highest BCUT2D eigenvalue weighted by Crippen LogP contribution is 2.28. The summed E-state index contributed by atoms with van der Waals surface area (Å²) in [4.78, 5) is 10.3. The molecule has 0 saturated heterocycles. The van der Waals surface area contributed by atoms with Gasteiger partial charge in [0.1, 0.15) is 0 Å². The molecule has 0 amide bonds. The van der Waals surface area contributed by atoms with Gasteiger partial charge < -0.3 is 5.32 Å². The minimum absolute atomic E-state index is 0.112. The lowest BCUT2D eigenvalue weighted by atomic mass is 10.2. The number of nitrogens with zero attached hydrogens (tertiary/aromatic N) is 3. The van der Waals surface area contributed by atoms with Crippen molar-refractivity contribution >= 4 is 22.4 Å². The Hall–Kier alpha value is -2.44. The number of rotatable bonds is 4. The van der Waals surface area contributed by atoms with E-state index >= 15 is 0 Å². The van der Waals surface area contributed by atoms with Crippen LogP contribution in [0.15, 0.2) is 28.4 Å². The number of benzene rings is 1. The van der Waals surface area contributed by atoms with Crippen LogP contribution in [0.4, 0.5) is 11.4 Å². The zero-order valence-electron chi connectivity index (χ0n) is 10.0. The maximum absolute atomic E-state index is 10.8. The molecule has 0 bridgehead atoms. The van der Waals surface area contributed by atoms with E-state index in [4.69, 9.17) is 0 Å². The Balaban J connectivity index is 2.36. The lowest BCUT2D eigenvalue weighted by molar-refractivity contribution is -0.383. The molecule has 0 fully saturated rings. The molecular formula is C11H12N4O3. The maximum atomic E-state index is 10.8. The fourth-order valence-corrected chi connectivity index (χ4v) is 1.51. The van der Waals surface area contributed by atoms with Crippen molar-refractivity contribution in [2.45, 2.75) is 13.8 Å². The summed E-state index contributed by atoms with van der Waals surface area (Å²) < 4.78 is 4.56. The van der Waals surface area contributed by atoms with Crippen LogP contribution in [0.3, 0.4) is 0 Å². The summed E-state index contributed by atoms with van der Waals surface area (Å²) in [7, 11) is 0. The van der Waals surface area contributed by atoms with Crippen LogP contribution in [0, 0.1) is 10.1 Å². The number of nitro groups is 1. The molecule has 0 spiro atoms. The van der Waals surface area contributed by atoms with Crippen LogP contribution in [0.25, 0.3) is 11.0 Å². The average Bonchev–Trinajstić information content (AvgIpc) is 2.77. The molecule has 1 heterocycles. The number of nitrogens with one attached hydrogen (secondary N) is 1. The molecule has 18 heavy (non-hydrogen) atoms. The molecule has 0 atom stereocenters. The number of aromatic nitrogens is 2. The van der Waals surface area contributed by atoms with E-state index in [-0.39, 0.29) is 11.2 Å². The van der Waals surface area contributed by atoms with Gasteiger partial charge in [-0.05, 0) is 30.2 Å². The third-order valence-corrected chi connectivity index (χ3v) is 2.39. The Bertz CT molecular complexity index is 614. The molecule has 7 nitrogen and oxygen atoms in total. The summed E-state index contributed by atoms with van der Waals surface area (Å²) in [6, 6.07) is 2.99. The molecule has 1 aromatic heterocycles. The first-order chi connectivity index (χ1) is 8.59. The van der Waals surface area contributed by atoms with Crippen LogP contribution >= 0.6 is 0 Å². The number of fused-ring (bicyclic) bond motifs is 1. The van der Waals surface area contributed by atoms with Gasteiger partial charge in [0.15, 0.2) is 5.52 Å².